The number of nitrogens with one attached hydrogen (secondary N) is 1. The lowest BCUT2D eigenvalue weighted by Crippen LogP contribution is -2.13. The second kappa shape index (κ2) is 9.62. The summed E-state index contributed by atoms with van der Waals surface area (Å²) in [6.07, 6.45) is 0. The largest absolute Gasteiger partial charge is 0.462 e. The SMILES string of the molecule is CCOC(=O)c1c(C)nc2c(OC(=O)c3ccccc3)csc2c1NCc1ccccc1. The highest BCUT2D eigenvalue weighted by atomic mass is 32.1. The molecule has 0 radical (unpaired) electrons. The van der Waals surface area contributed by atoms with E-state index in [4.69, 9.17) is 9.47 Å². The van der Waals surface area contributed by atoms with Crippen LogP contribution in [0.4, 0.5) is 5.69 Å². The predicted molar refractivity (Wildman–Crippen MR) is 125 cm³/mol. The number of hydrogen-bond donors (Lipinski definition) is 1. The third kappa shape index (κ3) is 4.48. The van der Waals surface area contributed by atoms with Crippen LogP contribution in [0.2, 0.25) is 0 Å². The van der Waals surface area contributed by atoms with Crippen LogP contribution in [0.15, 0.2) is 66.0 Å². The second-order valence-corrected chi connectivity index (χ2v) is 7.92. The highest BCUT2D eigenvalue weighted by molar-refractivity contribution is 7.18. The van der Waals surface area contributed by atoms with Crippen LogP contribution in [0.5, 0.6) is 5.75 Å². The summed E-state index contributed by atoms with van der Waals surface area (Å²) in [7, 11) is 0. The molecule has 4 rings (SSSR count). The molecule has 0 atom stereocenters. The highest BCUT2D eigenvalue weighted by Gasteiger charge is 2.24. The molecule has 0 amide bonds. The third-order valence-corrected chi connectivity index (χ3v) is 5.82. The van der Waals surface area contributed by atoms with E-state index in [2.05, 4.69) is 10.3 Å². The zero-order valence-corrected chi connectivity index (χ0v) is 18.6. The fourth-order valence-corrected chi connectivity index (χ4v) is 4.29. The Morgan fingerprint density at radius 3 is 2.38 bits per heavy atom. The van der Waals surface area contributed by atoms with E-state index in [0.717, 1.165) is 10.3 Å². The van der Waals surface area contributed by atoms with E-state index in [9.17, 15) is 9.59 Å². The maximum atomic E-state index is 12.7. The molecule has 0 aliphatic carbocycles. The highest BCUT2D eigenvalue weighted by Crippen LogP contribution is 2.39. The summed E-state index contributed by atoms with van der Waals surface area (Å²) < 4.78 is 11.6. The number of carbonyl (C=O) groups is 2. The van der Waals surface area contributed by atoms with Gasteiger partial charge in [0.2, 0.25) is 0 Å². The number of carbonyl (C=O) groups excluding carboxylic acids is 2. The molecule has 0 aliphatic rings. The van der Waals surface area contributed by atoms with Crippen molar-refractivity contribution in [3.8, 4) is 5.75 Å². The number of aryl methyl sites for hydroxylation is 1. The minimum absolute atomic E-state index is 0.263. The number of thiophene rings is 1. The number of benzene rings is 2. The number of nitrogens with zero attached hydrogens (tertiary/aromatic N) is 1. The van der Waals surface area contributed by atoms with E-state index in [1.54, 1.807) is 43.5 Å². The quantitative estimate of drug-likeness (QED) is 0.372. The minimum Gasteiger partial charge on any atom is -0.462 e. The van der Waals surface area contributed by atoms with Gasteiger partial charge in [-0.15, -0.1) is 11.3 Å². The zero-order valence-electron chi connectivity index (χ0n) is 17.8. The van der Waals surface area contributed by atoms with Crippen molar-refractivity contribution in [2.45, 2.75) is 20.4 Å². The smallest absolute Gasteiger partial charge is 0.343 e. The first-order chi connectivity index (χ1) is 15.6. The maximum Gasteiger partial charge on any atom is 0.343 e. The van der Waals surface area contributed by atoms with Crippen molar-refractivity contribution >= 4 is 39.2 Å². The van der Waals surface area contributed by atoms with Gasteiger partial charge >= 0.3 is 11.9 Å². The van der Waals surface area contributed by atoms with E-state index in [0.29, 0.717) is 40.3 Å². The van der Waals surface area contributed by atoms with Crippen molar-refractivity contribution in [3.05, 3.63) is 88.4 Å². The summed E-state index contributed by atoms with van der Waals surface area (Å²) in [6.45, 7) is 4.30. The van der Waals surface area contributed by atoms with Crippen LogP contribution in [0.3, 0.4) is 0 Å². The van der Waals surface area contributed by atoms with Gasteiger partial charge < -0.3 is 14.8 Å². The summed E-state index contributed by atoms with van der Waals surface area (Å²) in [5.41, 5.74) is 3.56. The van der Waals surface area contributed by atoms with Crippen LogP contribution in [-0.2, 0) is 11.3 Å². The first-order valence-corrected chi connectivity index (χ1v) is 11.1. The maximum absolute atomic E-state index is 12.7. The average molecular weight is 447 g/mol. The lowest BCUT2D eigenvalue weighted by Gasteiger charge is -2.15. The standard InChI is InChI=1S/C25H22N2O4S/c1-3-30-25(29)20-16(2)27-21-19(31-24(28)18-12-8-5-9-13-18)15-32-23(21)22(20)26-14-17-10-6-4-7-11-17/h4-13,15H,3,14H2,1-2H3,(H,26,27). The molecule has 0 unspecified atom stereocenters. The van der Waals surface area contributed by atoms with Crippen molar-refractivity contribution in [1.82, 2.24) is 4.98 Å². The molecule has 6 nitrogen and oxygen atoms in total. The fraction of sp³-hybridized carbons (Fsp3) is 0.160. The monoisotopic (exact) mass is 446 g/mol. The molecule has 1 N–H and O–H groups in total. The van der Waals surface area contributed by atoms with Crippen LogP contribution in [0.1, 0.15) is 38.9 Å². The molecule has 0 bridgehead atoms. The average Bonchev–Trinajstić information content (AvgIpc) is 3.20. The number of anilines is 1. The van der Waals surface area contributed by atoms with Crippen molar-refractivity contribution in [2.24, 2.45) is 0 Å². The van der Waals surface area contributed by atoms with E-state index < -0.39 is 11.9 Å². The first-order valence-electron chi connectivity index (χ1n) is 10.2. The minimum atomic E-state index is -0.460. The number of aromatic nitrogens is 1. The van der Waals surface area contributed by atoms with Gasteiger partial charge in [-0.25, -0.2) is 14.6 Å². The summed E-state index contributed by atoms with van der Waals surface area (Å²) in [6, 6.07) is 18.7. The van der Waals surface area contributed by atoms with Crippen LogP contribution < -0.4 is 10.1 Å². The van der Waals surface area contributed by atoms with Crippen LogP contribution >= 0.6 is 11.3 Å². The van der Waals surface area contributed by atoms with Crippen molar-refractivity contribution in [3.63, 3.8) is 0 Å². The molecule has 0 saturated carbocycles. The Hall–Kier alpha value is -3.71. The van der Waals surface area contributed by atoms with Gasteiger partial charge in [0.1, 0.15) is 11.1 Å². The molecule has 2 aromatic heterocycles. The van der Waals surface area contributed by atoms with Crippen LogP contribution in [0.25, 0.3) is 10.2 Å². The van der Waals surface area contributed by atoms with E-state index >= 15 is 0 Å². The number of ether oxygens (including phenoxy) is 2. The van der Waals surface area contributed by atoms with Gasteiger partial charge in [0.25, 0.3) is 0 Å². The number of hydrogen-bond acceptors (Lipinski definition) is 7. The van der Waals surface area contributed by atoms with Crippen LogP contribution in [-0.4, -0.2) is 23.5 Å². The molecule has 0 saturated heterocycles. The molecule has 0 fully saturated rings. The Kier molecular flexibility index (Phi) is 6.47. The van der Waals surface area contributed by atoms with Crippen molar-refractivity contribution < 1.29 is 19.1 Å². The molecule has 0 aliphatic heterocycles. The molecule has 7 heteroatoms. The van der Waals surface area contributed by atoms with Gasteiger partial charge in [0, 0.05) is 11.9 Å². The zero-order chi connectivity index (χ0) is 22.5. The second-order valence-electron chi connectivity index (χ2n) is 7.04. The summed E-state index contributed by atoms with van der Waals surface area (Å²) in [5.74, 6) is -0.538. The Bertz CT molecular complexity index is 1250. The molecule has 2 heterocycles. The van der Waals surface area contributed by atoms with Crippen LogP contribution in [0, 0.1) is 6.92 Å². The Balaban J connectivity index is 1.74. The number of fused-ring (bicyclic) bond motifs is 1. The van der Waals surface area contributed by atoms with E-state index in [-0.39, 0.29) is 6.61 Å². The topological polar surface area (TPSA) is 77.5 Å². The van der Waals surface area contributed by atoms with E-state index in [1.807, 2.05) is 36.4 Å². The summed E-state index contributed by atoms with van der Waals surface area (Å²) in [4.78, 5) is 29.9. The number of rotatable bonds is 7. The van der Waals surface area contributed by atoms with Gasteiger partial charge in [-0.3, -0.25) is 0 Å². The summed E-state index contributed by atoms with van der Waals surface area (Å²) >= 11 is 1.36. The summed E-state index contributed by atoms with van der Waals surface area (Å²) in [5, 5.41) is 5.12. The molecule has 162 valence electrons. The van der Waals surface area contributed by atoms with E-state index in [1.165, 1.54) is 11.3 Å². The van der Waals surface area contributed by atoms with Gasteiger partial charge in [-0.05, 0) is 31.5 Å². The van der Waals surface area contributed by atoms with Crippen molar-refractivity contribution in [2.75, 3.05) is 11.9 Å². The van der Waals surface area contributed by atoms with Gasteiger partial charge in [0.15, 0.2) is 5.75 Å². The van der Waals surface area contributed by atoms with Gasteiger partial charge in [-0.1, -0.05) is 48.5 Å². The number of pyridine rings is 1. The number of esters is 2. The molecule has 0 spiro atoms. The van der Waals surface area contributed by atoms with Gasteiger partial charge in [-0.2, -0.15) is 0 Å². The lowest BCUT2D eigenvalue weighted by atomic mass is 10.1. The predicted octanol–water partition coefficient (Wildman–Crippen LogP) is 5.61. The molecular formula is C25H22N2O4S. The molecule has 2 aromatic carbocycles. The normalized spacial score (nSPS) is 10.7. The first kappa shape index (κ1) is 21.5. The third-order valence-electron chi connectivity index (χ3n) is 4.85. The van der Waals surface area contributed by atoms with Crippen molar-refractivity contribution in [1.29, 1.82) is 0 Å². The molecule has 32 heavy (non-hydrogen) atoms. The molecule has 4 aromatic rings. The Morgan fingerprint density at radius 2 is 1.69 bits per heavy atom. The van der Waals surface area contributed by atoms with Gasteiger partial charge in [0.05, 0.1) is 28.3 Å². The Labute approximate surface area is 189 Å². The Morgan fingerprint density at radius 1 is 1.00 bits per heavy atom. The fourth-order valence-electron chi connectivity index (χ4n) is 3.35. The lowest BCUT2D eigenvalue weighted by molar-refractivity contribution is 0.0525. The molecular weight excluding hydrogens is 424 g/mol.